The Balaban J connectivity index is 1.97. The molecule has 2 unspecified atom stereocenters. The summed E-state index contributed by atoms with van der Waals surface area (Å²) in [4.78, 5) is 25.1. The lowest BCUT2D eigenvalue weighted by Gasteiger charge is -2.15. The summed E-state index contributed by atoms with van der Waals surface area (Å²) in [5.74, 6) is -0.901. The van der Waals surface area contributed by atoms with Crippen molar-refractivity contribution < 1.29 is 9.85 Å². The first-order valence-electron chi connectivity index (χ1n) is 9.39. The van der Waals surface area contributed by atoms with Gasteiger partial charge in [-0.15, -0.1) is 0 Å². The zero-order valence-electron chi connectivity index (χ0n) is 16.4. The standard InChI is InChI=1S/C22H23N3O4/c1-15-3-7-17(8-4-15)19(13-24(26)27)21-11-12-22(23-21)20(14-25(28)29)18-9-5-16(2)6-10-18/h3-12,19-20,23H,13-14H2,1-2H3. The maximum Gasteiger partial charge on any atom is 0.216 e. The fourth-order valence-corrected chi connectivity index (χ4v) is 3.50. The summed E-state index contributed by atoms with van der Waals surface area (Å²) in [5, 5.41) is 22.5. The Kier molecular flexibility index (Phi) is 6.07. The number of rotatable bonds is 8. The number of nitrogens with one attached hydrogen (secondary N) is 1. The molecule has 0 amide bonds. The number of hydrogen-bond donors (Lipinski definition) is 1. The number of hydrogen-bond acceptors (Lipinski definition) is 4. The predicted molar refractivity (Wildman–Crippen MR) is 111 cm³/mol. The highest BCUT2D eigenvalue weighted by molar-refractivity contribution is 5.36. The third-order valence-corrected chi connectivity index (χ3v) is 5.10. The molecule has 0 spiro atoms. The fraction of sp³-hybridized carbons (Fsp3) is 0.273. The van der Waals surface area contributed by atoms with Crippen molar-refractivity contribution in [3.05, 3.63) is 115 Å². The lowest BCUT2D eigenvalue weighted by Crippen LogP contribution is -2.16. The number of benzene rings is 2. The van der Waals surface area contributed by atoms with E-state index in [0.29, 0.717) is 11.4 Å². The van der Waals surface area contributed by atoms with Gasteiger partial charge in [-0.3, -0.25) is 20.2 Å². The second kappa shape index (κ2) is 8.68. The summed E-state index contributed by atoms with van der Waals surface area (Å²) in [6.45, 7) is 3.41. The molecule has 0 saturated heterocycles. The van der Waals surface area contributed by atoms with E-state index in [1.54, 1.807) is 12.1 Å². The number of aromatic nitrogens is 1. The monoisotopic (exact) mass is 393 g/mol. The van der Waals surface area contributed by atoms with Gasteiger partial charge in [-0.25, -0.2) is 0 Å². The molecular weight excluding hydrogens is 370 g/mol. The van der Waals surface area contributed by atoms with Crippen LogP contribution >= 0.6 is 0 Å². The lowest BCUT2D eigenvalue weighted by molar-refractivity contribution is -0.482. The molecule has 0 radical (unpaired) electrons. The van der Waals surface area contributed by atoms with E-state index in [-0.39, 0.29) is 22.9 Å². The molecular formula is C22H23N3O4. The van der Waals surface area contributed by atoms with Crippen molar-refractivity contribution >= 4 is 0 Å². The van der Waals surface area contributed by atoms with Gasteiger partial charge in [0.05, 0.1) is 11.8 Å². The van der Waals surface area contributed by atoms with Crippen LogP contribution < -0.4 is 0 Å². The number of nitro groups is 2. The van der Waals surface area contributed by atoms with E-state index in [1.165, 1.54) is 0 Å². The number of aryl methyl sites for hydroxylation is 2. The normalized spacial score (nSPS) is 13.0. The van der Waals surface area contributed by atoms with E-state index in [9.17, 15) is 20.2 Å². The maximum atomic E-state index is 11.3. The molecule has 2 aromatic carbocycles. The highest BCUT2D eigenvalue weighted by atomic mass is 16.6. The zero-order chi connectivity index (χ0) is 21.0. The van der Waals surface area contributed by atoms with E-state index in [2.05, 4.69) is 4.98 Å². The second-order valence-corrected chi connectivity index (χ2v) is 7.33. The minimum absolute atomic E-state index is 0.256. The third-order valence-electron chi connectivity index (χ3n) is 5.10. The van der Waals surface area contributed by atoms with Crippen molar-refractivity contribution in [2.24, 2.45) is 0 Å². The van der Waals surface area contributed by atoms with Crippen LogP contribution in [0.25, 0.3) is 0 Å². The minimum Gasteiger partial charge on any atom is -0.361 e. The number of H-pyrrole nitrogens is 1. The van der Waals surface area contributed by atoms with Crippen molar-refractivity contribution in [2.75, 3.05) is 13.1 Å². The molecule has 1 aromatic heterocycles. The van der Waals surface area contributed by atoms with Gasteiger partial charge in [0.15, 0.2) is 0 Å². The Morgan fingerprint density at radius 3 is 1.34 bits per heavy atom. The first-order chi connectivity index (χ1) is 13.8. The molecule has 7 nitrogen and oxygen atoms in total. The quantitative estimate of drug-likeness (QED) is 0.451. The summed E-state index contributed by atoms with van der Waals surface area (Å²) in [6, 6.07) is 18.8. The largest absolute Gasteiger partial charge is 0.361 e. The van der Waals surface area contributed by atoms with Crippen LogP contribution in [-0.2, 0) is 0 Å². The summed E-state index contributed by atoms with van der Waals surface area (Å²) >= 11 is 0. The highest BCUT2D eigenvalue weighted by Crippen LogP contribution is 2.30. The van der Waals surface area contributed by atoms with Crippen molar-refractivity contribution in [3.63, 3.8) is 0 Å². The smallest absolute Gasteiger partial charge is 0.216 e. The summed E-state index contributed by atoms with van der Waals surface area (Å²) in [5.41, 5.74) is 5.18. The van der Waals surface area contributed by atoms with E-state index >= 15 is 0 Å². The van der Waals surface area contributed by atoms with Gasteiger partial charge in [-0.05, 0) is 37.1 Å². The minimum atomic E-state index is -0.450. The van der Waals surface area contributed by atoms with Gasteiger partial charge in [0.2, 0.25) is 13.1 Å². The highest BCUT2D eigenvalue weighted by Gasteiger charge is 2.26. The van der Waals surface area contributed by atoms with Gasteiger partial charge in [-0.2, -0.15) is 0 Å². The van der Waals surface area contributed by atoms with Crippen LogP contribution in [0.15, 0.2) is 60.7 Å². The first-order valence-corrected chi connectivity index (χ1v) is 9.39. The molecule has 0 fully saturated rings. The molecule has 1 heterocycles. The van der Waals surface area contributed by atoms with Crippen molar-refractivity contribution in [1.29, 1.82) is 0 Å². The average molecular weight is 393 g/mol. The zero-order valence-corrected chi connectivity index (χ0v) is 16.4. The van der Waals surface area contributed by atoms with Crippen LogP contribution in [-0.4, -0.2) is 27.9 Å². The molecule has 0 bridgehead atoms. The van der Waals surface area contributed by atoms with Crippen molar-refractivity contribution in [1.82, 2.24) is 4.98 Å². The summed E-state index contributed by atoms with van der Waals surface area (Å²) < 4.78 is 0. The van der Waals surface area contributed by atoms with Gasteiger partial charge >= 0.3 is 0 Å². The Hall–Kier alpha value is -3.48. The molecule has 0 aliphatic carbocycles. The Morgan fingerprint density at radius 1 is 0.690 bits per heavy atom. The van der Waals surface area contributed by atoms with Crippen molar-refractivity contribution in [2.45, 2.75) is 25.7 Å². The summed E-state index contributed by atoms with van der Waals surface area (Å²) in [6.07, 6.45) is 0. The van der Waals surface area contributed by atoms with Crippen LogP contribution in [0.5, 0.6) is 0 Å². The molecule has 0 saturated carbocycles. The number of aromatic amines is 1. The summed E-state index contributed by atoms with van der Waals surface area (Å²) in [7, 11) is 0. The maximum absolute atomic E-state index is 11.3. The fourth-order valence-electron chi connectivity index (χ4n) is 3.50. The molecule has 150 valence electrons. The average Bonchev–Trinajstić information content (AvgIpc) is 3.15. The molecule has 3 rings (SSSR count). The lowest BCUT2D eigenvalue weighted by atomic mass is 9.95. The van der Waals surface area contributed by atoms with Crippen LogP contribution in [0, 0.1) is 34.1 Å². The second-order valence-electron chi connectivity index (χ2n) is 7.33. The van der Waals surface area contributed by atoms with Gasteiger partial charge in [0.1, 0.15) is 0 Å². The molecule has 0 aliphatic heterocycles. The molecule has 2 atom stereocenters. The van der Waals surface area contributed by atoms with Crippen LogP contribution in [0.1, 0.15) is 45.5 Å². The SMILES string of the molecule is Cc1ccc(C(C[N+](=O)[O-])c2ccc(C(C[N+](=O)[O-])c3ccc(C)cc3)[nH]2)cc1. The third kappa shape index (κ3) is 5.07. The topological polar surface area (TPSA) is 102 Å². The van der Waals surface area contributed by atoms with Crippen LogP contribution in [0.2, 0.25) is 0 Å². The number of nitrogens with zero attached hydrogens (tertiary/aromatic N) is 2. The molecule has 29 heavy (non-hydrogen) atoms. The van der Waals surface area contributed by atoms with Gasteiger partial charge in [0.25, 0.3) is 0 Å². The Morgan fingerprint density at radius 2 is 1.03 bits per heavy atom. The van der Waals surface area contributed by atoms with E-state index in [0.717, 1.165) is 22.3 Å². The van der Waals surface area contributed by atoms with Crippen LogP contribution in [0.4, 0.5) is 0 Å². The molecule has 7 heteroatoms. The Bertz CT molecular complexity index is 914. The van der Waals surface area contributed by atoms with Gasteiger partial charge < -0.3 is 4.98 Å². The Labute approximate surface area is 168 Å². The van der Waals surface area contributed by atoms with Crippen LogP contribution in [0.3, 0.4) is 0 Å². The molecule has 3 aromatic rings. The van der Waals surface area contributed by atoms with Gasteiger partial charge in [-0.1, -0.05) is 59.7 Å². The van der Waals surface area contributed by atoms with Crippen molar-refractivity contribution in [3.8, 4) is 0 Å². The van der Waals surface area contributed by atoms with E-state index in [1.807, 2.05) is 62.4 Å². The molecule has 0 aliphatic rings. The van der Waals surface area contributed by atoms with Gasteiger partial charge in [0, 0.05) is 21.2 Å². The predicted octanol–water partition coefficient (Wildman–Crippen LogP) is 4.45. The van der Waals surface area contributed by atoms with E-state index < -0.39 is 11.8 Å². The first kappa shape index (κ1) is 20.3. The molecule has 1 N–H and O–H groups in total. The van der Waals surface area contributed by atoms with E-state index in [4.69, 9.17) is 0 Å².